The second-order valence-corrected chi connectivity index (χ2v) is 6.93. The summed E-state index contributed by atoms with van der Waals surface area (Å²) in [4.78, 5) is 5.74. The van der Waals surface area contributed by atoms with Crippen LogP contribution in [0, 0.1) is 5.92 Å². The molecule has 0 saturated heterocycles. The maximum absolute atomic E-state index is 5.26. The molecule has 0 aliphatic heterocycles. The number of nitrogens with zero attached hydrogens (tertiary/aromatic N) is 1. The largest absolute Gasteiger partial charge is 0.380 e. The molecule has 1 aromatic heterocycles. The van der Waals surface area contributed by atoms with E-state index in [2.05, 4.69) is 58.3 Å². The molecule has 0 spiro atoms. The summed E-state index contributed by atoms with van der Waals surface area (Å²) in [6.45, 7) is 4.52. The summed E-state index contributed by atoms with van der Waals surface area (Å²) in [6, 6.07) is 12.6. The third-order valence-corrected chi connectivity index (χ3v) is 4.73. The molecule has 0 saturated carbocycles. The zero-order chi connectivity index (χ0) is 17.2. The van der Waals surface area contributed by atoms with Gasteiger partial charge in [-0.1, -0.05) is 37.3 Å². The van der Waals surface area contributed by atoms with Crippen molar-refractivity contribution in [2.24, 2.45) is 10.9 Å². The van der Waals surface area contributed by atoms with E-state index in [0.29, 0.717) is 12.5 Å². The molecule has 0 bridgehead atoms. The fraction of sp³-hybridized carbons (Fsp3) is 0.421. The van der Waals surface area contributed by atoms with Crippen LogP contribution in [0.5, 0.6) is 0 Å². The van der Waals surface area contributed by atoms with Gasteiger partial charge in [-0.25, -0.2) is 0 Å². The van der Waals surface area contributed by atoms with E-state index in [4.69, 9.17) is 4.74 Å². The number of benzene rings is 1. The maximum atomic E-state index is 5.26. The quantitative estimate of drug-likeness (QED) is 0.569. The van der Waals surface area contributed by atoms with Crippen LogP contribution in [0.4, 0.5) is 0 Å². The molecule has 2 aromatic rings. The van der Waals surface area contributed by atoms with Gasteiger partial charge in [-0.3, -0.25) is 4.99 Å². The third-order valence-electron chi connectivity index (χ3n) is 3.84. The number of ether oxygens (including phenoxy) is 1. The fourth-order valence-electron chi connectivity index (χ4n) is 2.54. The van der Waals surface area contributed by atoms with Crippen molar-refractivity contribution in [3.05, 3.63) is 57.8 Å². The Morgan fingerprint density at radius 2 is 1.96 bits per heavy atom. The second kappa shape index (κ2) is 10.1. The van der Waals surface area contributed by atoms with Crippen LogP contribution in [0.15, 0.2) is 46.8 Å². The van der Waals surface area contributed by atoms with Crippen LogP contribution in [0.25, 0.3) is 0 Å². The number of hydrogen-bond acceptors (Lipinski definition) is 3. The summed E-state index contributed by atoms with van der Waals surface area (Å²) in [6.07, 6.45) is 1.10. The van der Waals surface area contributed by atoms with Crippen molar-refractivity contribution >= 4 is 17.3 Å². The predicted molar refractivity (Wildman–Crippen MR) is 103 cm³/mol. The van der Waals surface area contributed by atoms with Crippen LogP contribution in [0.1, 0.15) is 22.9 Å². The molecular formula is C19H27N3OS. The number of hydrogen-bond donors (Lipinski definition) is 2. The minimum atomic E-state index is 0.558. The van der Waals surface area contributed by atoms with E-state index in [1.807, 2.05) is 17.4 Å². The van der Waals surface area contributed by atoms with Gasteiger partial charge < -0.3 is 15.4 Å². The summed E-state index contributed by atoms with van der Waals surface area (Å²) in [5.74, 6) is 1.39. The van der Waals surface area contributed by atoms with Gasteiger partial charge in [-0.05, 0) is 34.9 Å². The molecule has 1 aromatic carbocycles. The average molecular weight is 346 g/mol. The van der Waals surface area contributed by atoms with E-state index in [9.17, 15) is 0 Å². The first-order chi connectivity index (χ1) is 11.7. The van der Waals surface area contributed by atoms with Gasteiger partial charge in [-0.15, -0.1) is 11.3 Å². The zero-order valence-corrected chi connectivity index (χ0v) is 15.5. The van der Waals surface area contributed by atoms with Gasteiger partial charge in [0, 0.05) is 32.1 Å². The van der Waals surface area contributed by atoms with Crippen LogP contribution in [0.3, 0.4) is 0 Å². The highest BCUT2D eigenvalue weighted by atomic mass is 32.1. The lowest BCUT2D eigenvalue weighted by Crippen LogP contribution is -2.39. The molecule has 5 heteroatoms. The first-order valence-corrected chi connectivity index (χ1v) is 9.13. The van der Waals surface area contributed by atoms with Crippen LogP contribution in [0.2, 0.25) is 0 Å². The molecule has 0 amide bonds. The lowest BCUT2D eigenvalue weighted by atomic mass is 10.1. The first-order valence-electron chi connectivity index (χ1n) is 8.25. The van der Waals surface area contributed by atoms with Gasteiger partial charge in [0.2, 0.25) is 0 Å². The van der Waals surface area contributed by atoms with Gasteiger partial charge >= 0.3 is 0 Å². The molecule has 0 radical (unpaired) electrons. The van der Waals surface area contributed by atoms with Crippen LogP contribution < -0.4 is 10.6 Å². The third kappa shape index (κ3) is 5.98. The van der Waals surface area contributed by atoms with E-state index in [1.54, 1.807) is 14.2 Å². The Morgan fingerprint density at radius 1 is 1.17 bits per heavy atom. The monoisotopic (exact) mass is 345 g/mol. The second-order valence-electron chi connectivity index (χ2n) is 5.90. The lowest BCUT2D eigenvalue weighted by molar-refractivity contribution is 0.184. The Labute approximate surface area is 149 Å². The number of nitrogens with one attached hydrogen (secondary N) is 2. The minimum Gasteiger partial charge on any atom is -0.380 e. The Bertz CT molecular complexity index is 625. The van der Waals surface area contributed by atoms with Crippen molar-refractivity contribution in [3.63, 3.8) is 0 Å². The molecule has 24 heavy (non-hydrogen) atoms. The number of rotatable bonds is 8. The molecule has 1 atom stereocenters. The smallest absolute Gasteiger partial charge is 0.191 e. The molecule has 1 unspecified atom stereocenters. The van der Waals surface area contributed by atoms with Gasteiger partial charge in [-0.2, -0.15) is 0 Å². The molecule has 0 aliphatic carbocycles. The van der Waals surface area contributed by atoms with Gasteiger partial charge in [0.15, 0.2) is 5.96 Å². The Kier molecular flexibility index (Phi) is 7.79. The van der Waals surface area contributed by atoms with Crippen molar-refractivity contribution in [2.45, 2.75) is 26.5 Å². The summed E-state index contributed by atoms with van der Waals surface area (Å²) >= 11 is 1.82. The fourth-order valence-corrected chi connectivity index (χ4v) is 3.41. The molecule has 0 fully saturated rings. The summed E-state index contributed by atoms with van der Waals surface area (Å²) in [5, 5.41) is 8.93. The number of aliphatic imine (C=N–C) groups is 1. The molecule has 1 heterocycles. The predicted octanol–water partition coefficient (Wildman–Crippen LogP) is 3.44. The average Bonchev–Trinajstić information content (AvgIpc) is 3.09. The van der Waals surface area contributed by atoms with E-state index < -0.39 is 0 Å². The zero-order valence-electron chi connectivity index (χ0n) is 14.7. The molecule has 0 aliphatic rings. The molecule has 2 rings (SSSR count). The molecule has 4 nitrogen and oxygen atoms in total. The normalized spacial score (nSPS) is 12.9. The summed E-state index contributed by atoms with van der Waals surface area (Å²) < 4.78 is 5.26. The Hall–Kier alpha value is -1.85. The number of thiophene rings is 1. The maximum Gasteiger partial charge on any atom is 0.191 e. The highest BCUT2D eigenvalue weighted by molar-refractivity contribution is 7.09. The number of methoxy groups -OCH3 is 1. The van der Waals surface area contributed by atoms with E-state index in [-0.39, 0.29) is 0 Å². The van der Waals surface area contributed by atoms with Crippen LogP contribution in [-0.4, -0.2) is 26.7 Å². The highest BCUT2D eigenvalue weighted by Crippen LogP contribution is 2.14. The standard InChI is InChI=1S/C19H27N3OS/c1-15(11-18-9-6-10-24-18)12-21-19(20-2)22-13-16-7-4-5-8-17(16)14-23-3/h4-10,15H,11-14H2,1-3H3,(H2,20,21,22). The molecule has 2 N–H and O–H groups in total. The van der Waals surface area contributed by atoms with E-state index >= 15 is 0 Å². The van der Waals surface area contributed by atoms with Crippen molar-refractivity contribution < 1.29 is 4.74 Å². The Morgan fingerprint density at radius 3 is 2.62 bits per heavy atom. The SMILES string of the molecule is CN=C(NCc1ccccc1COC)NCC(C)Cc1cccs1. The van der Waals surface area contributed by atoms with Crippen molar-refractivity contribution in [2.75, 3.05) is 20.7 Å². The summed E-state index contributed by atoms with van der Waals surface area (Å²) in [5.41, 5.74) is 2.43. The highest BCUT2D eigenvalue weighted by Gasteiger charge is 2.07. The van der Waals surface area contributed by atoms with Gasteiger partial charge in [0.05, 0.1) is 6.61 Å². The first kappa shape index (κ1) is 18.5. The topological polar surface area (TPSA) is 45.7 Å². The molecular weight excluding hydrogens is 318 g/mol. The Balaban J connectivity index is 1.80. The van der Waals surface area contributed by atoms with Crippen molar-refractivity contribution in [1.29, 1.82) is 0 Å². The van der Waals surface area contributed by atoms with Crippen LogP contribution in [-0.2, 0) is 24.3 Å². The van der Waals surface area contributed by atoms with Crippen molar-refractivity contribution in [3.8, 4) is 0 Å². The van der Waals surface area contributed by atoms with E-state index in [1.165, 1.54) is 16.0 Å². The lowest BCUT2D eigenvalue weighted by Gasteiger charge is -2.16. The van der Waals surface area contributed by atoms with Crippen LogP contribution >= 0.6 is 11.3 Å². The number of guanidine groups is 1. The van der Waals surface area contributed by atoms with Crippen molar-refractivity contribution in [1.82, 2.24) is 10.6 Å². The van der Waals surface area contributed by atoms with Gasteiger partial charge in [0.1, 0.15) is 0 Å². The summed E-state index contributed by atoms with van der Waals surface area (Å²) in [7, 11) is 3.53. The van der Waals surface area contributed by atoms with Gasteiger partial charge in [0.25, 0.3) is 0 Å². The molecule has 130 valence electrons. The minimum absolute atomic E-state index is 0.558. The van der Waals surface area contributed by atoms with E-state index in [0.717, 1.165) is 25.5 Å².